The van der Waals surface area contributed by atoms with Crippen LogP contribution >= 0.6 is 12.6 Å². The monoisotopic (exact) mass is 262 g/mol. The zero-order valence-electron chi connectivity index (χ0n) is 10.7. The fourth-order valence-corrected chi connectivity index (χ4v) is 1.39. The van der Waals surface area contributed by atoms with E-state index >= 15 is 0 Å². The summed E-state index contributed by atoms with van der Waals surface area (Å²) in [4.78, 5) is 22.4. The molecule has 0 aromatic carbocycles. The topological polar surface area (TPSA) is 67.4 Å². The van der Waals surface area contributed by atoms with Gasteiger partial charge in [0.1, 0.15) is 6.04 Å². The molecule has 0 aromatic rings. The molecule has 0 radical (unpaired) electrons. The van der Waals surface area contributed by atoms with Gasteiger partial charge in [-0.15, -0.1) is 0 Å². The number of carbonyl (C=O) groups is 2. The molecule has 0 aliphatic heterocycles. The molecular weight excluding hydrogens is 240 g/mol. The van der Waals surface area contributed by atoms with E-state index in [2.05, 4.69) is 37.1 Å². The van der Waals surface area contributed by atoms with Crippen LogP contribution < -0.4 is 10.6 Å². The largest absolute Gasteiger partial charge is 0.379 e. The van der Waals surface area contributed by atoms with Crippen molar-refractivity contribution in [3.8, 4) is 0 Å². The number of ether oxygens (including phenoxy) is 1. The van der Waals surface area contributed by atoms with E-state index in [4.69, 9.17) is 4.74 Å². The molecule has 0 aliphatic carbocycles. The van der Waals surface area contributed by atoms with E-state index < -0.39 is 6.04 Å². The maximum absolute atomic E-state index is 11.6. The van der Waals surface area contributed by atoms with Crippen LogP contribution in [0.2, 0.25) is 0 Å². The average Bonchev–Trinajstić information content (AvgIpc) is 2.24. The lowest BCUT2D eigenvalue weighted by Crippen LogP contribution is -2.48. The van der Waals surface area contributed by atoms with Gasteiger partial charge in [0.15, 0.2) is 0 Å². The van der Waals surface area contributed by atoms with Gasteiger partial charge in [0.2, 0.25) is 11.8 Å². The summed E-state index contributed by atoms with van der Waals surface area (Å²) in [6.45, 7) is 7.09. The second-order valence-corrected chi connectivity index (χ2v) is 4.56. The van der Waals surface area contributed by atoms with Crippen LogP contribution in [0.3, 0.4) is 0 Å². The minimum absolute atomic E-state index is 0.233. The van der Waals surface area contributed by atoms with Crippen LogP contribution in [0.25, 0.3) is 0 Å². The Labute approximate surface area is 108 Å². The third-order valence-corrected chi connectivity index (χ3v) is 2.24. The molecule has 100 valence electrons. The van der Waals surface area contributed by atoms with Gasteiger partial charge in [-0.05, 0) is 5.92 Å². The second-order valence-electron chi connectivity index (χ2n) is 4.20. The first-order chi connectivity index (χ1) is 7.97. The highest BCUT2D eigenvalue weighted by Gasteiger charge is 2.16. The normalized spacial score (nSPS) is 12.3. The van der Waals surface area contributed by atoms with Gasteiger partial charge in [-0.1, -0.05) is 13.8 Å². The molecular formula is C11H22N2O3S. The van der Waals surface area contributed by atoms with Gasteiger partial charge in [0.05, 0.1) is 6.61 Å². The lowest BCUT2D eigenvalue weighted by molar-refractivity contribution is -0.127. The van der Waals surface area contributed by atoms with Crippen LogP contribution in [0.1, 0.15) is 20.8 Å². The molecule has 0 aromatic heterocycles. The molecule has 0 rings (SSSR count). The minimum atomic E-state index is -0.582. The first-order valence-corrected chi connectivity index (χ1v) is 6.34. The van der Waals surface area contributed by atoms with Gasteiger partial charge in [0.25, 0.3) is 0 Å². The summed E-state index contributed by atoms with van der Waals surface area (Å²) in [5.41, 5.74) is 0. The highest BCUT2D eigenvalue weighted by atomic mass is 32.1. The van der Waals surface area contributed by atoms with E-state index in [0.29, 0.717) is 25.7 Å². The van der Waals surface area contributed by atoms with E-state index in [0.717, 1.165) is 0 Å². The Hall–Kier alpha value is -0.750. The molecule has 0 saturated heterocycles. The molecule has 0 aliphatic rings. The molecule has 0 spiro atoms. The number of carbonyl (C=O) groups excluding carboxylic acids is 2. The minimum Gasteiger partial charge on any atom is -0.379 e. The van der Waals surface area contributed by atoms with Crippen molar-refractivity contribution < 1.29 is 14.3 Å². The number of rotatable bonds is 8. The zero-order valence-corrected chi connectivity index (χ0v) is 11.5. The summed E-state index contributed by atoms with van der Waals surface area (Å²) in [5.74, 6) is 0.284. The Morgan fingerprint density at radius 3 is 2.47 bits per heavy atom. The van der Waals surface area contributed by atoms with Crippen molar-refractivity contribution in [3.63, 3.8) is 0 Å². The van der Waals surface area contributed by atoms with Crippen molar-refractivity contribution in [1.29, 1.82) is 0 Å². The van der Waals surface area contributed by atoms with E-state index in [1.54, 1.807) is 0 Å². The number of amides is 2. The Bertz CT molecular complexity index is 247. The Morgan fingerprint density at radius 1 is 1.35 bits per heavy atom. The molecule has 1 unspecified atom stereocenters. The first kappa shape index (κ1) is 16.2. The van der Waals surface area contributed by atoms with Gasteiger partial charge in [0, 0.05) is 25.8 Å². The van der Waals surface area contributed by atoms with Crippen LogP contribution in [0, 0.1) is 5.92 Å². The maximum Gasteiger partial charge on any atom is 0.243 e. The van der Waals surface area contributed by atoms with Gasteiger partial charge in [-0.25, -0.2) is 0 Å². The second kappa shape index (κ2) is 9.30. The van der Waals surface area contributed by atoms with Crippen molar-refractivity contribution in [2.75, 3.05) is 25.5 Å². The fraction of sp³-hybridized carbons (Fsp3) is 0.818. The molecule has 6 heteroatoms. The lowest BCUT2D eigenvalue weighted by atomic mass is 10.2. The van der Waals surface area contributed by atoms with Crippen molar-refractivity contribution in [3.05, 3.63) is 0 Å². The lowest BCUT2D eigenvalue weighted by Gasteiger charge is -2.15. The van der Waals surface area contributed by atoms with Crippen molar-refractivity contribution in [2.45, 2.75) is 26.8 Å². The van der Waals surface area contributed by atoms with Crippen molar-refractivity contribution in [1.82, 2.24) is 10.6 Å². The average molecular weight is 262 g/mol. The summed E-state index contributed by atoms with van der Waals surface area (Å²) >= 11 is 4.01. The number of hydrogen-bond acceptors (Lipinski definition) is 4. The summed E-state index contributed by atoms with van der Waals surface area (Å²) in [7, 11) is 0. The third-order valence-electron chi connectivity index (χ3n) is 1.87. The van der Waals surface area contributed by atoms with Gasteiger partial charge in [-0.3, -0.25) is 9.59 Å². The molecule has 0 heterocycles. The van der Waals surface area contributed by atoms with Crippen LogP contribution in [-0.2, 0) is 14.3 Å². The molecule has 0 saturated carbocycles. The van der Waals surface area contributed by atoms with Crippen molar-refractivity contribution >= 4 is 24.4 Å². The quantitative estimate of drug-likeness (QED) is 0.433. The molecule has 0 bridgehead atoms. The van der Waals surface area contributed by atoms with Crippen LogP contribution in [0.15, 0.2) is 0 Å². The molecule has 2 amide bonds. The highest BCUT2D eigenvalue weighted by molar-refractivity contribution is 7.80. The third kappa shape index (κ3) is 9.00. The van der Waals surface area contributed by atoms with E-state index in [1.165, 1.54) is 6.92 Å². The predicted molar refractivity (Wildman–Crippen MR) is 70.1 cm³/mol. The van der Waals surface area contributed by atoms with Crippen LogP contribution in [0.5, 0.6) is 0 Å². The van der Waals surface area contributed by atoms with Crippen LogP contribution in [-0.4, -0.2) is 43.4 Å². The summed E-state index contributed by atoms with van der Waals surface area (Å²) in [6, 6.07) is -0.582. The fourth-order valence-electron chi connectivity index (χ4n) is 1.13. The summed E-state index contributed by atoms with van der Waals surface area (Å²) in [5, 5.41) is 5.21. The Kier molecular flexibility index (Phi) is 8.89. The van der Waals surface area contributed by atoms with Gasteiger partial charge in [-0.2, -0.15) is 12.6 Å². The smallest absolute Gasteiger partial charge is 0.243 e. The molecule has 17 heavy (non-hydrogen) atoms. The molecule has 1 atom stereocenters. The zero-order chi connectivity index (χ0) is 13.3. The Morgan fingerprint density at radius 2 is 2.00 bits per heavy atom. The SMILES string of the molecule is CC(=O)NC(CS)C(=O)NCCOCC(C)C. The maximum atomic E-state index is 11.6. The summed E-state index contributed by atoms with van der Waals surface area (Å²) in [6.07, 6.45) is 0. The van der Waals surface area contributed by atoms with E-state index in [-0.39, 0.29) is 17.6 Å². The van der Waals surface area contributed by atoms with Gasteiger partial charge < -0.3 is 15.4 Å². The number of nitrogens with one attached hydrogen (secondary N) is 2. The van der Waals surface area contributed by atoms with E-state index in [9.17, 15) is 9.59 Å². The first-order valence-electron chi connectivity index (χ1n) is 5.70. The van der Waals surface area contributed by atoms with E-state index in [1.807, 2.05) is 0 Å². The Balaban J connectivity index is 3.72. The van der Waals surface area contributed by atoms with Crippen molar-refractivity contribution in [2.24, 2.45) is 5.92 Å². The van der Waals surface area contributed by atoms with Crippen LogP contribution in [0.4, 0.5) is 0 Å². The predicted octanol–water partition coefficient (Wildman–Crippen LogP) is 0.210. The highest BCUT2D eigenvalue weighted by Crippen LogP contribution is 1.92. The number of thiol groups is 1. The molecule has 0 fully saturated rings. The van der Waals surface area contributed by atoms with Gasteiger partial charge >= 0.3 is 0 Å². The molecule has 5 nitrogen and oxygen atoms in total. The summed E-state index contributed by atoms with van der Waals surface area (Å²) < 4.78 is 5.32. The standard InChI is InChI=1S/C11H22N2O3S/c1-8(2)6-16-5-4-12-11(15)10(7-17)13-9(3)14/h8,10,17H,4-7H2,1-3H3,(H,12,15)(H,13,14). The molecule has 2 N–H and O–H groups in total. The number of hydrogen-bond donors (Lipinski definition) is 3.